The molecule has 27 heavy (non-hydrogen) atoms. The highest BCUT2D eigenvalue weighted by atomic mass is 32.1. The van der Waals surface area contributed by atoms with Crippen LogP contribution in [0.15, 0.2) is 47.8 Å². The van der Waals surface area contributed by atoms with E-state index in [0.29, 0.717) is 11.5 Å². The molecule has 0 radical (unpaired) electrons. The number of carbonyl (C=O) groups excluding carboxylic acids is 1. The number of hydrogen-bond donors (Lipinski definition) is 1. The Labute approximate surface area is 164 Å². The number of nitrogens with zero attached hydrogens (tertiary/aromatic N) is 1. The Bertz CT molecular complexity index is 930. The normalized spacial score (nSPS) is 10.9. The minimum absolute atomic E-state index is 0.113. The van der Waals surface area contributed by atoms with Gasteiger partial charge in [0.05, 0.1) is 17.8 Å². The smallest absolute Gasteiger partial charge is 0.255 e. The molecule has 0 aliphatic heterocycles. The maximum Gasteiger partial charge on any atom is 0.255 e. The molecule has 4 nitrogen and oxygen atoms in total. The van der Waals surface area contributed by atoms with Crippen LogP contribution in [0.4, 0.5) is 5.69 Å². The summed E-state index contributed by atoms with van der Waals surface area (Å²) in [5.41, 5.74) is 4.43. The first-order chi connectivity index (χ1) is 13.0. The number of carbonyl (C=O) groups is 1. The predicted molar refractivity (Wildman–Crippen MR) is 112 cm³/mol. The molecule has 1 N–H and O–H groups in total. The van der Waals surface area contributed by atoms with Gasteiger partial charge in [-0.25, -0.2) is 4.98 Å². The van der Waals surface area contributed by atoms with Crippen LogP contribution in [-0.4, -0.2) is 18.0 Å². The molecule has 1 aromatic heterocycles. The molecule has 1 amide bonds. The van der Waals surface area contributed by atoms with Crippen LogP contribution in [0.2, 0.25) is 0 Å². The van der Waals surface area contributed by atoms with Crippen molar-refractivity contribution in [1.29, 1.82) is 0 Å². The Hall–Kier alpha value is -2.66. The van der Waals surface area contributed by atoms with E-state index in [4.69, 9.17) is 4.74 Å². The van der Waals surface area contributed by atoms with Crippen molar-refractivity contribution in [3.63, 3.8) is 0 Å². The highest BCUT2D eigenvalue weighted by Gasteiger charge is 2.12. The van der Waals surface area contributed by atoms with Crippen molar-refractivity contribution in [1.82, 2.24) is 4.98 Å². The van der Waals surface area contributed by atoms with Gasteiger partial charge < -0.3 is 10.1 Å². The fourth-order valence-electron chi connectivity index (χ4n) is 2.82. The van der Waals surface area contributed by atoms with Crippen molar-refractivity contribution >= 4 is 22.9 Å². The number of anilines is 1. The second kappa shape index (κ2) is 8.35. The van der Waals surface area contributed by atoms with Crippen LogP contribution < -0.4 is 10.1 Å². The standard InChI is InChI=1S/C22H24N2O2S/c1-5-15-12-18(26-4)10-11-19(15)21(25)23-17-8-6-16(7-9-17)20-13-27-22(24-20)14(2)3/h6-14H,5H2,1-4H3,(H,23,25). The number of rotatable bonds is 6. The van der Waals surface area contributed by atoms with Gasteiger partial charge in [0.1, 0.15) is 5.75 Å². The highest BCUT2D eigenvalue weighted by Crippen LogP contribution is 2.27. The molecule has 5 heteroatoms. The van der Waals surface area contributed by atoms with E-state index in [1.54, 1.807) is 18.4 Å². The second-order valence-corrected chi connectivity index (χ2v) is 7.52. The number of methoxy groups -OCH3 is 1. The fourth-order valence-corrected chi connectivity index (χ4v) is 3.66. The Morgan fingerprint density at radius 3 is 2.52 bits per heavy atom. The number of benzene rings is 2. The lowest BCUT2D eigenvalue weighted by molar-refractivity contribution is 0.102. The van der Waals surface area contributed by atoms with Gasteiger partial charge in [-0.2, -0.15) is 0 Å². The molecule has 0 bridgehead atoms. The first kappa shape index (κ1) is 19.1. The average Bonchev–Trinajstić information content (AvgIpc) is 3.18. The minimum atomic E-state index is -0.113. The van der Waals surface area contributed by atoms with Gasteiger partial charge in [-0.3, -0.25) is 4.79 Å². The van der Waals surface area contributed by atoms with Crippen LogP contribution in [0.25, 0.3) is 11.3 Å². The summed E-state index contributed by atoms with van der Waals surface area (Å²) < 4.78 is 5.24. The van der Waals surface area contributed by atoms with Gasteiger partial charge in [0, 0.05) is 28.1 Å². The average molecular weight is 381 g/mol. The molecule has 3 aromatic rings. The third kappa shape index (κ3) is 4.37. The molecule has 0 spiro atoms. The van der Waals surface area contributed by atoms with Crippen LogP contribution in [0.3, 0.4) is 0 Å². The molecule has 2 aromatic carbocycles. The maximum atomic E-state index is 12.7. The molecule has 0 aliphatic carbocycles. The van der Waals surface area contributed by atoms with E-state index >= 15 is 0 Å². The van der Waals surface area contributed by atoms with Crippen LogP contribution in [0, 0.1) is 0 Å². The zero-order valence-corrected chi connectivity index (χ0v) is 16.9. The first-order valence-corrected chi connectivity index (χ1v) is 9.94. The molecule has 0 atom stereocenters. The Balaban J connectivity index is 1.75. The van der Waals surface area contributed by atoms with E-state index in [-0.39, 0.29) is 5.91 Å². The Kier molecular flexibility index (Phi) is 5.91. The van der Waals surface area contributed by atoms with E-state index in [1.165, 1.54) is 0 Å². The van der Waals surface area contributed by atoms with Crippen LogP contribution >= 0.6 is 11.3 Å². The van der Waals surface area contributed by atoms with Crippen molar-refractivity contribution in [3.05, 3.63) is 64.0 Å². The van der Waals surface area contributed by atoms with E-state index in [1.807, 2.05) is 49.4 Å². The van der Waals surface area contributed by atoms with E-state index in [2.05, 4.69) is 29.5 Å². The minimum Gasteiger partial charge on any atom is -0.497 e. The molecule has 140 valence electrons. The van der Waals surface area contributed by atoms with Gasteiger partial charge in [-0.15, -0.1) is 11.3 Å². The van der Waals surface area contributed by atoms with E-state index < -0.39 is 0 Å². The van der Waals surface area contributed by atoms with Gasteiger partial charge in [0.15, 0.2) is 0 Å². The van der Waals surface area contributed by atoms with Gasteiger partial charge in [0.2, 0.25) is 0 Å². The number of thiazole rings is 1. The van der Waals surface area contributed by atoms with Gasteiger partial charge in [0.25, 0.3) is 5.91 Å². The van der Waals surface area contributed by atoms with Crippen molar-refractivity contribution in [2.75, 3.05) is 12.4 Å². The summed E-state index contributed by atoms with van der Waals surface area (Å²) in [7, 11) is 1.63. The molecule has 1 heterocycles. The van der Waals surface area contributed by atoms with Crippen molar-refractivity contribution in [2.24, 2.45) is 0 Å². The second-order valence-electron chi connectivity index (χ2n) is 6.63. The molecule has 3 rings (SSSR count). The van der Waals surface area contributed by atoms with Crippen LogP contribution in [0.5, 0.6) is 5.75 Å². The molecular formula is C22H24N2O2S. The van der Waals surface area contributed by atoms with Crippen LogP contribution in [-0.2, 0) is 6.42 Å². The third-order valence-electron chi connectivity index (χ3n) is 4.39. The summed E-state index contributed by atoms with van der Waals surface area (Å²) >= 11 is 1.68. The van der Waals surface area contributed by atoms with E-state index in [0.717, 1.165) is 39.7 Å². The summed E-state index contributed by atoms with van der Waals surface area (Å²) in [6.07, 6.45) is 0.765. The lowest BCUT2D eigenvalue weighted by Crippen LogP contribution is -2.14. The van der Waals surface area contributed by atoms with Gasteiger partial charge in [-0.05, 0) is 42.3 Å². The summed E-state index contributed by atoms with van der Waals surface area (Å²) in [5, 5.41) is 6.19. The summed E-state index contributed by atoms with van der Waals surface area (Å²) in [6, 6.07) is 13.3. The van der Waals surface area contributed by atoms with Crippen LogP contribution in [0.1, 0.15) is 47.6 Å². The zero-order valence-electron chi connectivity index (χ0n) is 16.1. The molecule has 0 saturated carbocycles. The Morgan fingerprint density at radius 2 is 1.93 bits per heavy atom. The van der Waals surface area contributed by atoms with Crippen molar-refractivity contribution in [2.45, 2.75) is 33.1 Å². The monoisotopic (exact) mass is 380 g/mol. The maximum absolute atomic E-state index is 12.7. The number of hydrogen-bond acceptors (Lipinski definition) is 4. The van der Waals surface area contributed by atoms with E-state index in [9.17, 15) is 4.79 Å². The zero-order chi connectivity index (χ0) is 19.4. The summed E-state index contributed by atoms with van der Waals surface area (Å²) in [4.78, 5) is 17.3. The number of nitrogens with one attached hydrogen (secondary N) is 1. The fraction of sp³-hybridized carbons (Fsp3) is 0.273. The predicted octanol–water partition coefficient (Wildman–Crippen LogP) is 5.76. The lowest BCUT2D eigenvalue weighted by Gasteiger charge is -2.11. The summed E-state index contributed by atoms with van der Waals surface area (Å²) in [6.45, 7) is 6.32. The summed E-state index contributed by atoms with van der Waals surface area (Å²) in [5.74, 6) is 1.08. The van der Waals surface area contributed by atoms with Crippen molar-refractivity contribution < 1.29 is 9.53 Å². The SMILES string of the molecule is CCc1cc(OC)ccc1C(=O)Nc1ccc(-c2csc(C(C)C)n2)cc1. The number of amides is 1. The molecule has 0 aliphatic rings. The molecule has 0 fully saturated rings. The quantitative estimate of drug-likeness (QED) is 0.592. The molecular weight excluding hydrogens is 356 g/mol. The van der Waals surface area contributed by atoms with Crippen molar-refractivity contribution in [3.8, 4) is 17.0 Å². The number of aryl methyl sites for hydroxylation is 1. The lowest BCUT2D eigenvalue weighted by atomic mass is 10.0. The highest BCUT2D eigenvalue weighted by molar-refractivity contribution is 7.10. The third-order valence-corrected chi connectivity index (χ3v) is 5.54. The Morgan fingerprint density at radius 1 is 1.19 bits per heavy atom. The largest absolute Gasteiger partial charge is 0.497 e. The molecule has 0 unspecified atom stereocenters. The molecule has 0 saturated heterocycles. The van der Waals surface area contributed by atoms with Gasteiger partial charge >= 0.3 is 0 Å². The first-order valence-electron chi connectivity index (χ1n) is 9.06. The topological polar surface area (TPSA) is 51.2 Å². The number of aromatic nitrogens is 1. The van der Waals surface area contributed by atoms with Gasteiger partial charge in [-0.1, -0.05) is 32.9 Å². The number of ether oxygens (including phenoxy) is 1.